The molecule has 14 heavy (non-hydrogen) atoms. The minimum absolute atomic E-state index is 0.0659. The summed E-state index contributed by atoms with van der Waals surface area (Å²) in [4.78, 5) is 23.6. The smallest absolute Gasteiger partial charge is 0.219 e. The summed E-state index contributed by atoms with van der Waals surface area (Å²) in [6.07, 6.45) is 0. The largest absolute Gasteiger partial charge is 0.506 e. The lowest BCUT2D eigenvalue weighted by molar-refractivity contribution is -0.132. The van der Waals surface area contributed by atoms with Crippen LogP contribution >= 0.6 is 0 Å². The average molecular weight is 191 g/mol. The van der Waals surface area contributed by atoms with Gasteiger partial charge in [0.2, 0.25) is 11.6 Å². The van der Waals surface area contributed by atoms with E-state index in [0.29, 0.717) is 5.69 Å². The van der Waals surface area contributed by atoms with E-state index in [1.807, 2.05) is 0 Å². The first-order valence-electron chi connectivity index (χ1n) is 4.27. The van der Waals surface area contributed by atoms with Gasteiger partial charge in [-0.1, -0.05) is 12.1 Å². The first kappa shape index (κ1) is 8.74. The average Bonchev–Trinajstić information content (AvgIpc) is 2.48. The third-order valence-corrected chi connectivity index (χ3v) is 2.20. The van der Waals surface area contributed by atoms with E-state index in [4.69, 9.17) is 0 Å². The molecule has 2 rings (SSSR count). The highest BCUT2D eigenvalue weighted by atomic mass is 16.3. The van der Waals surface area contributed by atoms with Gasteiger partial charge in [-0.3, -0.25) is 9.59 Å². The second-order valence-corrected chi connectivity index (χ2v) is 3.19. The number of anilines is 1. The molecular formula is C10H9NO3. The molecule has 1 heterocycles. The minimum Gasteiger partial charge on any atom is -0.506 e. The fourth-order valence-corrected chi connectivity index (χ4v) is 1.48. The van der Waals surface area contributed by atoms with Crippen LogP contribution in [-0.4, -0.2) is 29.8 Å². The first-order valence-corrected chi connectivity index (χ1v) is 4.27. The van der Waals surface area contributed by atoms with Gasteiger partial charge in [0.25, 0.3) is 0 Å². The Balaban J connectivity index is 2.30. The number of hydrogen-bond donors (Lipinski definition) is 1. The third kappa shape index (κ3) is 1.35. The number of para-hydroxylation sites is 2. The normalized spacial score (nSPS) is 16.4. The lowest BCUT2D eigenvalue weighted by atomic mass is 10.3. The molecule has 1 aliphatic rings. The molecule has 0 aromatic heterocycles. The predicted molar refractivity (Wildman–Crippen MR) is 50.3 cm³/mol. The van der Waals surface area contributed by atoms with E-state index in [0.717, 1.165) is 0 Å². The molecule has 1 saturated heterocycles. The van der Waals surface area contributed by atoms with Crippen LogP contribution in [0.2, 0.25) is 0 Å². The molecular weight excluding hydrogens is 182 g/mol. The summed E-state index contributed by atoms with van der Waals surface area (Å²) in [5.41, 5.74) is 0.534. The SMILES string of the molecule is O=C1CN(c2ccccc2O)CC1=O. The molecule has 0 aliphatic carbocycles. The van der Waals surface area contributed by atoms with Gasteiger partial charge in [0.15, 0.2) is 0 Å². The first-order chi connectivity index (χ1) is 6.68. The molecule has 4 nitrogen and oxygen atoms in total. The van der Waals surface area contributed by atoms with E-state index in [-0.39, 0.29) is 18.8 Å². The quantitative estimate of drug-likeness (QED) is 0.651. The molecule has 0 amide bonds. The monoisotopic (exact) mass is 191 g/mol. The second-order valence-electron chi connectivity index (χ2n) is 3.19. The van der Waals surface area contributed by atoms with Crippen molar-refractivity contribution in [2.45, 2.75) is 0 Å². The predicted octanol–water partition coefficient (Wildman–Crippen LogP) is 0.350. The van der Waals surface area contributed by atoms with Gasteiger partial charge in [0.1, 0.15) is 5.75 Å². The summed E-state index contributed by atoms with van der Waals surface area (Å²) in [7, 11) is 0. The highest BCUT2D eigenvalue weighted by Crippen LogP contribution is 2.27. The zero-order valence-electron chi connectivity index (χ0n) is 7.43. The number of carbonyl (C=O) groups is 2. The number of phenols is 1. The Hall–Kier alpha value is -1.84. The molecule has 1 fully saturated rings. The Bertz CT molecular complexity index is 384. The van der Waals surface area contributed by atoms with Crippen molar-refractivity contribution in [3.05, 3.63) is 24.3 Å². The number of aromatic hydroxyl groups is 1. The molecule has 0 spiro atoms. The molecule has 0 radical (unpaired) electrons. The Kier molecular flexibility index (Phi) is 1.96. The van der Waals surface area contributed by atoms with Gasteiger partial charge in [-0.2, -0.15) is 0 Å². The number of Topliss-reactive ketones (excluding diaryl/α,β-unsaturated/α-hetero) is 2. The van der Waals surface area contributed by atoms with Crippen molar-refractivity contribution in [3.63, 3.8) is 0 Å². The maximum atomic E-state index is 11.0. The molecule has 0 unspecified atom stereocenters. The summed E-state index contributed by atoms with van der Waals surface area (Å²) in [5.74, 6) is -0.698. The zero-order chi connectivity index (χ0) is 10.1. The lowest BCUT2D eigenvalue weighted by Gasteiger charge is -2.16. The molecule has 0 atom stereocenters. The van der Waals surface area contributed by atoms with Crippen LogP contribution in [0.5, 0.6) is 5.75 Å². The van der Waals surface area contributed by atoms with Crippen LogP contribution in [-0.2, 0) is 9.59 Å². The summed E-state index contributed by atoms with van der Waals surface area (Å²) >= 11 is 0. The zero-order valence-corrected chi connectivity index (χ0v) is 7.43. The molecule has 1 N–H and O–H groups in total. The summed E-state index contributed by atoms with van der Waals surface area (Å²) in [6.45, 7) is 0.132. The highest BCUT2D eigenvalue weighted by Gasteiger charge is 2.29. The topological polar surface area (TPSA) is 57.6 Å². The maximum Gasteiger partial charge on any atom is 0.219 e. The maximum absolute atomic E-state index is 11.0. The van der Waals surface area contributed by atoms with E-state index in [1.165, 1.54) is 6.07 Å². The minimum atomic E-state index is -0.395. The summed E-state index contributed by atoms with van der Waals surface area (Å²) in [5, 5.41) is 9.48. The van der Waals surface area contributed by atoms with Crippen molar-refractivity contribution in [2.75, 3.05) is 18.0 Å². The van der Waals surface area contributed by atoms with Gasteiger partial charge in [-0.05, 0) is 12.1 Å². The molecule has 1 aliphatic heterocycles. The van der Waals surface area contributed by atoms with Gasteiger partial charge < -0.3 is 10.0 Å². The number of phenolic OH excluding ortho intramolecular Hbond substituents is 1. The molecule has 4 heteroatoms. The standard InChI is InChI=1S/C10H9NO3/c12-8-4-2-1-3-7(8)11-5-9(13)10(14)6-11/h1-4,12H,5-6H2. The van der Waals surface area contributed by atoms with E-state index in [2.05, 4.69) is 0 Å². The van der Waals surface area contributed by atoms with Gasteiger partial charge >= 0.3 is 0 Å². The fourth-order valence-electron chi connectivity index (χ4n) is 1.48. The van der Waals surface area contributed by atoms with Crippen LogP contribution in [0.25, 0.3) is 0 Å². The van der Waals surface area contributed by atoms with E-state index in [1.54, 1.807) is 23.1 Å². The third-order valence-electron chi connectivity index (χ3n) is 2.20. The van der Waals surface area contributed by atoms with Crippen LogP contribution in [0, 0.1) is 0 Å². The fraction of sp³-hybridized carbons (Fsp3) is 0.200. The van der Waals surface area contributed by atoms with Crippen molar-refractivity contribution in [1.29, 1.82) is 0 Å². The van der Waals surface area contributed by atoms with E-state index < -0.39 is 11.6 Å². The van der Waals surface area contributed by atoms with Crippen LogP contribution < -0.4 is 4.90 Å². The molecule has 1 aromatic rings. The summed E-state index contributed by atoms with van der Waals surface area (Å²) in [6, 6.07) is 6.66. The van der Waals surface area contributed by atoms with Gasteiger partial charge in [0.05, 0.1) is 18.8 Å². The number of nitrogens with zero attached hydrogens (tertiary/aromatic N) is 1. The van der Waals surface area contributed by atoms with Crippen molar-refractivity contribution >= 4 is 17.3 Å². The van der Waals surface area contributed by atoms with Crippen molar-refractivity contribution in [3.8, 4) is 5.75 Å². The molecule has 0 bridgehead atoms. The molecule has 72 valence electrons. The van der Waals surface area contributed by atoms with Gasteiger partial charge in [0, 0.05) is 0 Å². The van der Waals surface area contributed by atoms with Crippen molar-refractivity contribution in [1.82, 2.24) is 0 Å². The van der Waals surface area contributed by atoms with Crippen LogP contribution in [0.1, 0.15) is 0 Å². The number of hydrogen-bond acceptors (Lipinski definition) is 4. The van der Waals surface area contributed by atoms with Gasteiger partial charge in [-0.25, -0.2) is 0 Å². The number of rotatable bonds is 1. The van der Waals surface area contributed by atoms with Crippen LogP contribution in [0.3, 0.4) is 0 Å². The van der Waals surface area contributed by atoms with Crippen LogP contribution in [0.4, 0.5) is 5.69 Å². The molecule has 0 saturated carbocycles. The second kappa shape index (κ2) is 3.14. The Morgan fingerprint density at radius 1 is 1.07 bits per heavy atom. The van der Waals surface area contributed by atoms with Crippen molar-refractivity contribution < 1.29 is 14.7 Å². The highest BCUT2D eigenvalue weighted by molar-refractivity contribution is 6.42. The Labute approximate surface area is 80.8 Å². The number of ketones is 2. The van der Waals surface area contributed by atoms with E-state index in [9.17, 15) is 14.7 Å². The Morgan fingerprint density at radius 2 is 1.64 bits per heavy atom. The Morgan fingerprint density at radius 3 is 2.21 bits per heavy atom. The number of carbonyl (C=O) groups excluding carboxylic acids is 2. The number of benzene rings is 1. The molecule has 1 aromatic carbocycles. The van der Waals surface area contributed by atoms with Crippen molar-refractivity contribution in [2.24, 2.45) is 0 Å². The lowest BCUT2D eigenvalue weighted by Crippen LogP contribution is -2.19. The van der Waals surface area contributed by atoms with E-state index >= 15 is 0 Å². The van der Waals surface area contributed by atoms with Crippen LogP contribution in [0.15, 0.2) is 24.3 Å². The summed E-state index contributed by atoms with van der Waals surface area (Å²) < 4.78 is 0. The van der Waals surface area contributed by atoms with Gasteiger partial charge in [-0.15, -0.1) is 0 Å².